The number of rotatable bonds is 2. The maximum absolute atomic E-state index is 12.6. The fourth-order valence-electron chi connectivity index (χ4n) is 3.25. The van der Waals surface area contributed by atoms with Crippen LogP contribution in [-0.2, 0) is 21.2 Å². The first kappa shape index (κ1) is 15.4. The van der Waals surface area contributed by atoms with Crippen LogP contribution in [0.5, 0.6) is 0 Å². The first-order valence-corrected chi connectivity index (χ1v) is 9.37. The van der Waals surface area contributed by atoms with E-state index in [4.69, 9.17) is 0 Å². The van der Waals surface area contributed by atoms with Gasteiger partial charge in [0.2, 0.25) is 15.9 Å². The summed E-state index contributed by atoms with van der Waals surface area (Å²) >= 11 is 0. The Balaban J connectivity index is 1.79. The van der Waals surface area contributed by atoms with Crippen LogP contribution in [0, 0.1) is 0 Å². The summed E-state index contributed by atoms with van der Waals surface area (Å²) in [5.74, 6) is 0.0315. The predicted octanol–water partition coefficient (Wildman–Crippen LogP) is 0.998. The Morgan fingerprint density at radius 2 is 1.95 bits per heavy atom. The van der Waals surface area contributed by atoms with E-state index in [1.165, 1.54) is 0 Å². The lowest BCUT2D eigenvalue weighted by Crippen LogP contribution is -2.59. The molecule has 0 spiro atoms. The van der Waals surface area contributed by atoms with Crippen LogP contribution in [0.3, 0.4) is 0 Å². The monoisotopic (exact) mass is 323 g/mol. The van der Waals surface area contributed by atoms with Crippen molar-refractivity contribution in [3.05, 3.63) is 30.1 Å². The van der Waals surface area contributed by atoms with Gasteiger partial charge in [-0.25, -0.2) is 8.42 Å². The van der Waals surface area contributed by atoms with Crippen molar-refractivity contribution < 1.29 is 13.2 Å². The van der Waals surface area contributed by atoms with Gasteiger partial charge in [0.1, 0.15) is 0 Å². The summed E-state index contributed by atoms with van der Waals surface area (Å²) in [6.07, 6.45) is 6.94. The fourth-order valence-corrected chi connectivity index (χ4v) is 4.91. The first-order valence-electron chi connectivity index (χ1n) is 7.76. The van der Waals surface area contributed by atoms with E-state index in [0.717, 1.165) is 31.2 Å². The maximum Gasteiger partial charge on any atom is 0.228 e. The second-order valence-corrected chi connectivity index (χ2v) is 7.92. The zero-order valence-electron chi connectivity index (χ0n) is 12.5. The standard InChI is InChI=1S/C15H21N3O3S/c19-15(12-13-5-7-16-8-6-13)17-10-11-22(20,21)18-9-3-1-2-4-14(17)18/h5-8,14H,1-4,9-12H2. The van der Waals surface area contributed by atoms with Gasteiger partial charge in [-0.1, -0.05) is 6.42 Å². The normalized spacial score (nSPS) is 25.3. The highest BCUT2D eigenvalue weighted by molar-refractivity contribution is 7.89. The number of carbonyl (C=O) groups is 1. The molecular formula is C15H21N3O3S. The molecule has 2 saturated heterocycles. The van der Waals surface area contributed by atoms with Crippen LogP contribution >= 0.6 is 0 Å². The van der Waals surface area contributed by atoms with Gasteiger partial charge in [-0.05, 0) is 37.0 Å². The molecule has 0 aromatic carbocycles. The Bertz CT molecular complexity index is 633. The minimum absolute atomic E-state index is 0.00185. The van der Waals surface area contributed by atoms with Crippen molar-refractivity contribution in [2.24, 2.45) is 0 Å². The predicted molar refractivity (Wildman–Crippen MR) is 82.4 cm³/mol. The molecule has 1 unspecified atom stereocenters. The van der Waals surface area contributed by atoms with Crippen molar-refractivity contribution in [1.29, 1.82) is 0 Å². The van der Waals surface area contributed by atoms with Crippen LogP contribution in [0.15, 0.2) is 24.5 Å². The van der Waals surface area contributed by atoms with Crippen LogP contribution in [0.25, 0.3) is 0 Å². The molecule has 0 N–H and O–H groups in total. The number of fused-ring (bicyclic) bond motifs is 1. The Morgan fingerprint density at radius 3 is 2.73 bits per heavy atom. The average molecular weight is 323 g/mol. The van der Waals surface area contributed by atoms with Gasteiger partial charge in [0.05, 0.1) is 18.3 Å². The quantitative estimate of drug-likeness (QED) is 0.814. The lowest BCUT2D eigenvalue weighted by atomic mass is 10.1. The molecule has 0 saturated carbocycles. The maximum atomic E-state index is 12.6. The van der Waals surface area contributed by atoms with Crippen LogP contribution in [-0.4, -0.2) is 53.5 Å². The molecule has 0 aliphatic carbocycles. The number of pyridine rings is 1. The van der Waals surface area contributed by atoms with E-state index in [1.54, 1.807) is 21.6 Å². The third-order valence-electron chi connectivity index (χ3n) is 4.41. The average Bonchev–Trinajstić information content (AvgIpc) is 2.75. The highest BCUT2D eigenvalue weighted by atomic mass is 32.2. The van der Waals surface area contributed by atoms with Crippen molar-refractivity contribution in [3.8, 4) is 0 Å². The van der Waals surface area contributed by atoms with E-state index in [0.29, 0.717) is 19.5 Å². The Hall–Kier alpha value is -1.47. The highest BCUT2D eigenvalue weighted by Crippen LogP contribution is 2.27. The summed E-state index contributed by atoms with van der Waals surface area (Å²) in [7, 11) is -3.22. The summed E-state index contributed by atoms with van der Waals surface area (Å²) in [4.78, 5) is 18.3. The summed E-state index contributed by atoms with van der Waals surface area (Å²) in [5.41, 5.74) is 0.911. The Labute approximate surface area is 131 Å². The number of hydrogen-bond acceptors (Lipinski definition) is 4. The number of aromatic nitrogens is 1. The van der Waals surface area contributed by atoms with E-state index in [-0.39, 0.29) is 17.8 Å². The van der Waals surface area contributed by atoms with Crippen molar-refractivity contribution in [1.82, 2.24) is 14.2 Å². The van der Waals surface area contributed by atoms with E-state index in [2.05, 4.69) is 4.98 Å². The second-order valence-electron chi connectivity index (χ2n) is 5.88. The highest BCUT2D eigenvalue weighted by Gasteiger charge is 2.41. The van der Waals surface area contributed by atoms with E-state index in [1.807, 2.05) is 12.1 Å². The molecule has 2 fully saturated rings. The molecular weight excluding hydrogens is 302 g/mol. The van der Waals surface area contributed by atoms with E-state index < -0.39 is 10.0 Å². The molecule has 120 valence electrons. The zero-order valence-corrected chi connectivity index (χ0v) is 13.3. The van der Waals surface area contributed by atoms with Gasteiger partial charge in [0.15, 0.2) is 0 Å². The molecule has 0 bridgehead atoms. The van der Waals surface area contributed by atoms with E-state index >= 15 is 0 Å². The van der Waals surface area contributed by atoms with Crippen LogP contribution in [0.2, 0.25) is 0 Å². The van der Waals surface area contributed by atoms with Gasteiger partial charge in [0, 0.05) is 25.5 Å². The van der Waals surface area contributed by atoms with Crippen LogP contribution in [0.4, 0.5) is 0 Å². The summed E-state index contributed by atoms with van der Waals surface area (Å²) in [6.45, 7) is 0.833. The molecule has 7 heteroatoms. The van der Waals surface area contributed by atoms with Gasteiger partial charge in [-0.3, -0.25) is 9.78 Å². The molecule has 2 aliphatic rings. The molecule has 2 aliphatic heterocycles. The molecule has 6 nitrogen and oxygen atoms in total. The molecule has 0 radical (unpaired) electrons. The van der Waals surface area contributed by atoms with Gasteiger partial charge < -0.3 is 4.90 Å². The molecule has 3 heterocycles. The lowest BCUT2D eigenvalue weighted by molar-refractivity contribution is -0.135. The summed E-state index contributed by atoms with van der Waals surface area (Å²) in [6, 6.07) is 3.65. The number of carbonyl (C=O) groups excluding carboxylic acids is 1. The molecule has 1 amide bonds. The molecule has 1 aromatic heterocycles. The minimum atomic E-state index is -3.22. The zero-order chi connectivity index (χ0) is 15.6. The number of hydrogen-bond donors (Lipinski definition) is 0. The minimum Gasteiger partial charge on any atom is -0.325 e. The molecule has 3 rings (SSSR count). The first-order chi connectivity index (χ1) is 10.6. The van der Waals surface area contributed by atoms with Gasteiger partial charge >= 0.3 is 0 Å². The number of sulfonamides is 1. The van der Waals surface area contributed by atoms with Crippen molar-refractivity contribution in [3.63, 3.8) is 0 Å². The summed E-state index contributed by atoms with van der Waals surface area (Å²) < 4.78 is 26.1. The van der Waals surface area contributed by atoms with Crippen LogP contribution < -0.4 is 0 Å². The van der Waals surface area contributed by atoms with Gasteiger partial charge in [-0.15, -0.1) is 0 Å². The van der Waals surface area contributed by atoms with Gasteiger partial charge in [-0.2, -0.15) is 4.31 Å². The van der Waals surface area contributed by atoms with Crippen molar-refractivity contribution >= 4 is 15.9 Å². The lowest BCUT2D eigenvalue weighted by Gasteiger charge is -2.42. The van der Waals surface area contributed by atoms with Gasteiger partial charge in [0.25, 0.3) is 0 Å². The smallest absolute Gasteiger partial charge is 0.228 e. The topological polar surface area (TPSA) is 70.6 Å². The second kappa shape index (κ2) is 6.34. The molecule has 22 heavy (non-hydrogen) atoms. The largest absolute Gasteiger partial charge is 0.325 e. The third kappa shape index (κ3) is 3.15. The molecule has 1 atom stereocenters. The number of amides is 1. The van der Waals surface area contributed by atoms with E-state index in [9.17, 15) is 13.2 Å². The third-order valence-corrected chi connectivity index (χ3v) is 6.24. The van der Waals surface area contributed by atoms with Crippen molar-refractivity contribution in [2.75, 3.05) is 18.8 Å². The number of nitrogens with zero attached hydrogens (tertiary/aromatic N) is 3. The Kier molecular flexibility index (Phi) is 4.44. The molecule has 1 aromatic rings. The SMILES string of the molecule is O=C(Cc1ccncc1)N1CCS(=O)(=O)N2CCCCCC12. The van der Waals surface area contributed by atoms with Crippen molar-refractivity contribution in [2.45, 2.75) is 38.3 Å². The van der Waals surface area contributed by atoms with Crippen LogP contribution in [0.1, 0.15) is 31.2 Å². The Morgan fingerprint density at radius 1 is 1.18 bits per heavy atom. The summed E-state index contributed by atoms with van der Waals surface area (Å²) in [5, 5.41) is 0. The fraction of sp³-hybridized carbons (Fsp3) is 0.600.